The van der Waals surface area contributed by atoms with Crippen LogP contribution >= 0.6 is 7.75 Å². The van der Waals surface area contributed by atoms with Crippen molar-refractivity contribution >= 4 is 37.0 Å². The molecule has 262 valence electrons. The lowest BCUT2D eigenvalue weighted by Gasteiger charge is -2.33. The molecule has 0 amide bonds. The quantitative estimate of drug-likeness (QED) is 0.124. The number of aromatic nitrogens is 3. The van der Waals surface area contributed by atoms with Crippen LogP contribution in [0.4, 0.5) is 10.2 Å². The fourth-order valence-corrected chi connectivity index (χ4v) is 6.78. The summed E-state index contributed by atoms with van der Waals surface area (Å²) < 4.78 is 65.3. The molecule has 3 aromatic rings. The van der Waals surface area contributed by atoms with Gasteiger partial charge in [-0.05, 0) is 37.1 Å². The molecule has 3 heterocycles. The first-order chi connectivity index (χ1) is 22.8. The normalized spacial score (nSPS) is 22.6. The van der Waals surface area contributed by atoms with Crippen molar-refractivity contribution in [3.63, 3.8) is 0 Å². The maximum Gasteiger partial charge on any atom is 0.459 e. The number of nitrogens with one attached hydrogen (secondary N) is 1. The number of carbonyl (C=O) groups excluding carboxylic acids is 3. The maximum atomic E-state index is 15.4. The maximum absolute atomic E-state index is 15.4. The van der Waals surface area contributed by atoms with E-state index in [0.29, 0.717) is 5.52 Å². The van der Waals surface area contributed by atoms with Crippen molar-refractivity contribution in [1.29, 1.82) is 0 Å². The summed E-state index contributed by atoms with van der Waals surface area (Å²) in [4.78, 5) is 41.5. The van der Waals surface area contributed by atoms with Crippen LogP contribution in [0.1, 0.15) is 59.3 Å². The second kappa shape index (κ2) is 15.9. The van der Waals surface area contributed by atoms with Crippen molar-refractivity contribution in [2.75, 3.05) is 25.6 Å². The first-order valence-corrected chi connectivity index (χ1v) is 17.0. The summed E-state index contributed by atoms with van der Waals surface area (Å²) in [5.74, 6) is -1.96. The molecule has 4 rings (SSSR count). The van der Waals surface area contributed by atoms with E-state index in [1.807, 2.05) is 13.8 Å². The van der Waals surface area contributed by atoms with Gasteiger partial charge in [-0.15, -0.1) is 0 Å². The van der Waals surface area contributed by atoms with Crippen LogP contribution in [0.2, 0.25) is 0 Å². The van der Waals surface area contributed by atoms with E-state index in [4.69, 9.17) is 33.7 Å². The fourth-order valence-electron chi connectivity index (χ4n) is 5.24. The Bertz CT molecular complexity index is 1620. The molecule has 0 bridgehead atoms. The number of hydrogen-bond acceptors (Lipinski definition) is 13. The minimum atomic E-state index is -4.54. The van der Waals surface area contributed by atoms with Crippen molar-refractivity contribution in [3.05, 3.63) is 54.5 Å². The molecule has 15 nitrogen and oxygen atoms in total. The van der Waals surface area contributed by atoms with Crippen molar-refractivity contribution < 1.29 is 51.3 Å². The minimum Gasteiger partial charge on any atom is -0.464 e. The van der Waals surface area contributed by atoms with E-state index in [1.54, 1.807) is 30.3 Å². The van der Waals surface area contributed by atoms with Gasteiger partial charge in [-0.3, -0.25) is 18.9 Å². The highest BCUT2D eigenvalue weighted by atomic mass is 31.2. The van der Waals surface area contributed by atoms with Crippen LogP contribution in [0, 0.1) is 5.92 Å². The zero-order valence-corrected chi connectivity index (χ0v) is 28.3. The molecule has 1 aliphatic rings. The molecule has 1 saturated heterocycles. The molecule has 2 aromatic heterocycles. The highest BCUT2D eigenvalue weighted by molar-refractivity contribution is 7.52. The van der Waals surface area contributed by atoms with Crippen LogP contribution in [0.25, 0.3) is 5.52 Å². The molecule has 1 aliphatic heterocycles. The number of carbonyl (C=O) groups is 3. The molecule has 3 N–H and O–H groups in total. The second-order valence-electron chi connectivity index (χ2n) is 11.4. The number of benzene rings is 1. The van der Waals surface area contributed by atoms with Gasteiger partial charge < -0.3 is 29.2 Å². The summed E-state index contributed by atoms with van der Waals surface area (Å²) in [5.41, 5.74) is 4.43. The third-order valence-corrected chi connectivity index (χ3v) is 9.49. The number of alkyl halides is 1. The highest BCUT2D eigenvalue weighted by Gasteiger charge is 2.61. The molecular weight excluding hydrogens is 652 g/mol. The van der Waals surface area contributed by atoms with Gasteiger partial charge in [0, 0.05) is 13.8 Å². The number of nitrogens with two attached hydrogens (primary N) is 1. The summed E-state index contributed by atoms with van der Waals surface area (Å²) >= 11 is 0. The number of rotatable bonds is 16. The molecule has 0 radical (unpaired) electrons. The van der Waals surface area contributed by atoms with E-state index in [2.05, 4.69) is 15.2 Å². The number of hydrogen-bond donors (Lipinski definition) is 2. The molecule has 0 saturated carbocycles. The smallest absolute Gasteiger partial charge is 0.459 e. The van der Waals surface area contributed by atoms with E-state index in [0.717, 1.165) is 26.7 Å². The zero-order valence-electron chi connectivity index (χ0n) is 27.4. The average Bonchev–Trinajstić information content (AvgIpc) is 3.60. The fraction of sp³-hybridized carbons (Fsp3) is 0.516. The van der Waals surface area contributed by atoms with E-state index >= 15 is 4.39 Å². The summed E-state index contributed by atoms with van der Waals surface area (Å²) in [6, 6.07) is 9.91. The molecule has 1 fully saturated rings. The van der Waals surface area contributed by atoms with Gasteiger partial charge in [0.1, 0.15) is 36.4 Å². The van der Waals surface area contributed by atoms with E-state index in [9.17, 15) is 18.9 Å². The van der Waals surface area contributed by atoms with Crippen molar-refractivity contribution in [1.82, 2.24) is 19.7 Å². The zero-order chi connectivity index (χ0) is 35.1. The lowest BCUT2D eigenvalue weighted by atomic mass is 9.95. The van der Waals surface area contributed by atoms with Gasteiger partial charge >= 0.3 is 25.7 Å². The van der Waals surface area contributed by atoms with Crippen LogP contribution in [-0.2, 0) is 42.4 Å². The molecule has 0 spiro atoms. The minimum absolute atomic E-state index is 0.108. The van der Waals surface area contributed by atoms with Gasteiger partial charge in [-0.25, -0.2) is 18.5 Å². The Morgan fingerprint density at radius 1 is 1.10 bits per heavy atom. The van der Waals surface area contributed by atoms with Crippen molar-refractivity contribution in [2.24, 2.45) is 5.92 Å². The Morgan fingerprint density at radius 2 is 1.79 bits per heavy atom. The third kappa shape index (κ3) is 8.48. The Morgan fingerprint density at radius 3 is 2.42 bits per heavy atom. The number of nitrogen functional groups attached to an aromatic ring is 1. The van der Waals surface area contributed by atoms with E-state index in [-0.39, 0.29) is 29.8 Å². The number of fused-ring (bicyclic) bond motifs is 1. The average molecular weight is 694 g/mol. The van der Waals surface area contributed by atoms with Gasteiger partial charge in [-0.1, -0.05) is 44.9 Å². The number of para-hydroxylation sites is 1. The number of ether oxygens (including phenoxy) is 4. The number of halogens is 1. The molecular formula is C31H41FN5O10P. The lowest BCUT2D eigenvalue weighted by Crippen LogP contribution is -2.52. The predicted octanol–water partition coefficient (Wildman–Crippen LogP) is 4.12. The Hall–Kier alpha value is -4.11. The summed E-state index contributed by atoms with van der Waals surface area (Å²) in [7, 11) is -4.54. The standard InChI is InChI=1S/C31H41FN5O10P/c1-6-22(7-2)15-42-30(40)19(3)36-48(41,47-23-11-9-8-10-12-23)43-17-31(16-32)28(45-21(5)39)27(44-20(4)38)26(46-31)24-13-14-25-29(33)34-18-35-37(24)25/h8-14,18-19,22,26-28H,6-7,15-17H2,1-5H3,(H,36,41)(H2,33,34,35)/t19-,26-,27-,28-,31+,48?/m0/s1. The second-order valence-corrected chi connectivity index (χ2v) is 13.1. The predicted molar refractivity (Wildman–Crippen MR) is 169 cm³/mol. The van der Waals surface area contributed by atoms with Gasteiger partial charge in [-0.2, -0.15) is 10.2 Å². The molecule has 48 heavy (non-hydrogen) atoms. The summed E-state index contributed by atoms with van der Waals surface area (Å²) in [6.45, 7) is 5.52. The molecule has 1 unspecified atom stereocenters. The Kier molecular flexibility index (Phi) is 12.1. The monoisotopic (exact) mass is 693 g/mol. The molecule has 6 atom stereocenters. The highest BCUT2D eigenvalue weighted by Crippen LogP contribution is 2.50. The van der Waals surface area contributed by atoms with Crippen molar-refractivity contribution in [3.8, 4) is 5.75 Å². The van der Waals surface area contributed by atoms with Gasteiger partial charge in [0.25, 0.3) is 0 Å². The third-order valence-electron chi connectivity index (χ3n) is 7.87. The first-order valence-electron chi connectivity index (χ1n) is 15.4. The van der Waals surface area contributed by atoms with Crippen LogP contribution in [0.5, 0.6) is 5.75 Å². The number of anilines is 1. The van der Waals surface area contributed by atoms with Crippen LogP contribution in [-0.4, -0.2) is 76.2 Å². The van der Waals surface area contributed by atoms with Crippen LogP contribution in [0.15, 0.2) is 48.8 Å². The van der Waals surface area contributed by atoms with Crippen molar-refractivity contribution in [2.45, 2.75) is 77.4 Å². The lowest BCUT2D eigenvalue weighted by molar-refractivity contribution is -0.172. The SMILES string of the molecule is CCC(CC)COC(=O)[C@H](C)NP(=O)(OC[C@@]1(CF)O[C@@H](c2ccc3c(N)ncnn23)[C@H](OC(C)=O)[C@@H]1OC(C)=O)Oc1ccccc1. The van der Waals surface area contributed by atoms with Gasteiger partial charge in [0.15, 0.2) is 23.6 Å². The van der Waals surface area contributed by atoms with E-state index in [1.165, 1.54) is 29.9 Å². The van der Waals surface area contributed by atoms with Gasteiger partial charge in [0.2, 0.25) is 0 Å². The van der Waals surface area contributed by atoms with Gasteiger partial charge in [0.05, 0.1) is 18.9 Å². The van der Waals surface area contributed by atoms with Crippen LogP contribution < -0.4 is 15.3 Å². The first kappa shape index (κ1) is 36.7. The molecule has 0 aliphatic carbocycles. The summed E-state index contributed by atoms with van der Waals surface area (Å²) in [5, 5.41) is 6.76. The number of nitrogens with zero attached hydrogens (tertiary/aromatic N) is 3. The number of esters is 3. The topological polar surface area (TPSA) is 192 Å². The van der Waals surface area contributed by atoms with Crippen LogP contribution in [0.3, 0.4) is 0 Å². The summed E-state index contributed by atoms with van der Waals surface area (Å²) in [6.07, 6.45) is -1.51. The Balaban J connectivity index is 1.69. The molecule has 17 heteroatoms. The Labute approximate surface area is 277 Å². The molecule has 1 aromatic carbocycles. The van der Waals surface area contributed by atoms with E-state index < -0.39 is 68.9 Å². The largest absolute Gasteiger partial charge is 0.464 e.